The number of halogens is 1. The quantitative estimate of drug-likeness (QED) is 0.897. The third kappa shape index (κ3) is 3.22. The van der Waals surface area contributed by atoms with Crippen molar-refractivity contribution in [3.63, 3.8) is 0 Å². The first-order valence-electron chi connectivity index (χ1n) is 6.79. The van der Waals surface area contributed by atoms with Gasteiger partial charge >= 0.3 is 0 Å². The molecule has 0 fully saturated rings. The molecule has 0 saturated heterocycles. The van der Waals surface area contributed by atoms with E-state index in [1.54, 1.807) is 11.3 Å². The monoisotopic (exact) mass is 352 g/mol. The maximum Gasteiger partial charge on any atom is 0.125 e. The second kappa shape index (κ2) is 6.24. The number of ether oxygens (including phenoxy) is 1. The molecule has 2 aromatic rings. The Hall–Kier alpha value is -0.910. The molecule has 1 aromatic heterocycles. The van der Waals surface area contributed by atoms with Gasteiger partial charge in [0.1, 0.15) is 10.8 Å². The molecule has 1 atom stereocenters. The van der Waals surface area contributed by atoms with E-state index in [-0.39, 0.29) is 0 Å². The molecule has 1 N–H and O–H groups in total. The van der Waals surface area contributed by atoms with E-state index in [1.807, 2.05) is 6.20 Å². The van der Waals surface area contributed by atoms with Crippen LogP contribution in [0.5, 0.6) is 5.75 Å². The van der Waals surface area contributed by atoms with Crippen molar-refractivity contribution in [3.05, 3.63) is 44.3 Å². The number of nitrogens with zero attached hydrogens (tertiary/aromatic N) is 1. The summed E-state index contributed by atoms with van der Waals surface area (Å²) in [5, 5.41) is 4.76. The van der Waals surface area contributed by atoms with Gasteiger partial charge in [0.05, 0.1) is 6.61 Å². The first kappa shape index (κ1) is 14.0. The molecule has 0 spiro atoms. The van der Waals surface area contributed by atoms with Gasteiger partial charge in [0, 0.05) is 33.7 Å². The Morgan fingerprint density at radius 3 is 3.20 bits per heavy atom. The Morgan fingerprint density at radius 2 is 2.40 bits per heavy atom. The molecule has 0 radical (unpaired) electrons. The minimum absolute atomic E-state index is 0.338. The van der Waals surface area contributed by atoms with Crippen LogP contribution >= 0.6 is 27.3 Å². The van der Waals surface area contributed by atoms with Gasteiger partial charge in [-0.1, -0.05) is 22.0 Å². The lowest BCUT2D eigenvalue weighted by Gasteiger charge is -2.18. The number of fused-ring (bicyclic) bond motifs is 1. The topological polar surface area (TPSA) is 34.2 Å². The first-order valence-corrected chi connectivity index (χ1v) is 8.40. The number of thiazole rings is 1. The van der Waals surface area contributed by atoms with Crippen molar-refractivity contribution in [3.8, 4) is 5.75 Å². The zero-order valence-corrected chi connectivity index (χ0v) is 13.8. The van der Waals surface area contributed by atoms with Gasteiger partial charge in [-0.3, -0.25) is 0 Å². The Labute approximate surface area is 131 Å². The lowest BCUT2D eigenvalue weighted by Crippen LogP contribution is -2.20. The molecule has 1 aromatic carbocycles. The predicted octanol–water partition coefficient (Wildman–Crippen LogP) is 4.22. The Balaban J connectivity index is 1.76. The van der Waals surface area contributed by atoms with Crippen LogP contribution in [0.25, 0.3) is 0 Å². The molecule has 2 heterocycles. The molecule has 3 nitrogen and oxygen atoms in total. The highest BCUT2D eigenvalue weighted by Gasteiger charge is 2.19. The van der Waals surface area contributed by atoms with Crippen molar-refractivity contribution >= 4 is 27.3 Å². The lowest BCUT2D eigenvalue weighted by atomic mass is 10.0. The smallest absolute Gasteiger partial charge is 0.125 e. The van der Waals surface area contributed by atoms with Gasteiger partial charge in [0.15, 0.2) is 0 Å². The van der Waals surface area contributed by atoms with Crippen LogP contribution < -0.4 is 10.1 Å². The molecule has 5 heteroatoms. The summed E-state index contributed by atoms with van der Waals surface area (Å²) in [6.07, 6.45) is 4.10. The highest BCUT2D eigenvalue weighted by Crippen LogP contribution is 2.33. The van der Waals surface area contributed by atoms with Crippen molar-refractivity contribution in [2.24, 2.45) is 0 Å². The van der Waals surface area contributed by atoms with Crippen LogP contribution in [0.4, 0.5) is 0 Å². The first-order chi connectivity index (χ1) is 9.72. The SMILES string of the molecule is Cc1cnc(CNC2CCCOc3cc(Br)ccc32)s1. The van der Waals surface area contributed by atoms with Crippen molar-refractivity contribution in [1.82, 2.24) is 10.3 Å². The van der Waals surface area contributed by atoms with E-state index in [4.69, 9.17) is 4.74 Å². The fourth-order valence-electron chi connectivity index (χ4n) is 2.45. The normalized spacial score (nSPS) is 18.2. The summed E-state index contributed by atoms with van der Waals surface area (Å²) in [4.78, 5) is 5.67. The largest absolute Gasteiger partial charge is 0.493 e. The number of hydrogen-bond acceptors (Lipinski definition) is 4. The lowest BCUT2D eigenvalue weighted by molar-refractivity contribution is 0.315. The summed E-state index contributed by atoms with van der Waals surface area (Å²) in [5.74, 6) is 0.990. The van der Waals surface area contributed by atoms with Crippen molar-refractivity contribution < 1.29 is 4.74 Å². The molecule has 3 rings (SSSR count). The second-order valence-electron chi connectivity index (χ2n) is 4.97. The van der Waals surface area contributed by atoms with Crippen molar-refractivity contribution in [2.75, 3.05) is 6.61 Å². The Morgan fingerprint density at radius 1 is 1.50 bits per heavy atom. The van der Waals surface area contributed by atoms with E-state index >= 15 is 0 Å². The van der Waals surface area contributed by atoms with E-state index in [1.165, 1.54) is 10.4 Å². The van der Waals surface area contributed by atoms with Gasteiger partial charge in [0.25, 0.3) is 0 Å². The number of hydrogen-bond donors (Lipinski definition) is 1. The minimum Gasteiger partial charge on any atom is -0.493 e. The van der Waals surface area contributed by atoms with Gasteiger partial charge < -0.3 is 10.1 Å². The average molecular weight is 353 g/mol. The van der Waals surface area contributed by atoms with Crippen LogP contribution in [0.3, 0.4) is 0 Å². The maximum atomic E-state index is 5.83. The molecule has 1 aliphatic heterocycles. The number of aromatic nitrogens is 1. The summed E-state index contributed by atoms with van der Waals surface area (Å²) < 4.78 is 6.90. The van der Waals surface area contributed by atoms with Gasteiger partial charge in [-0.25, -0.2) is 4.98 Å². The zero-order chi connectivity index (χ0) is 13.9. The van der Waals surface area contributed by atoms with Crippen LogP contribution in [-0.2, 0) is 6.54 Å². The van der Waals surface area contributed by atoms with Gasteiger partial charge in [-0.15, -0.1) is 11.3 Å². The van der Waals surface area contributed by atoms with Crippen LogP contribution in [-0.4, -0.2) is 11.6 Å². The van der Waals surface area contributed by atoms with E-state index in [0.717, 1.165) is 41.2 Å². The highest BCUT2D eigenvalue weighted by atomic mass is 79.9. The van der Waals surface area contributed by atoms with Crippen LogP contribution in [0, 0.1) is 6.92 Å². The minimum atomic E-state index is 0.338. The van der Waals surface area contributed by atoms with Gasteiger partial charge in [-0.2, -0.15) is 0 Å². The molecule has 106 valence electrons. The highest BCUT2D eigenvalue weighted by molar-refractivity contribution is 9.10. The van der Waals surface area contributed by atoms with Crippen LogP contribution in [0.1, 0.15) is 34.3 Å². The third-order valence-corrected chi connectivity index (χ3v) is 4.82. The predicted molar refractivity (Wildman–Crippen MR) is 85.3 cm³/mol. The Kier molecular flexibility index (Phi) is 4.38. The fraction of sp³-hybridized carbons (Fsp3) is 0.400. The van der Waals surface area contributed by atoms with E-state index in [9.17, 15) is 0 Å². The summed E-state index contributed by atoms with van der Waals surface area (Å²) in [5.41, 5.74) is 1.25. The van der Waals surface area contributed by atoms with Crippen molar-refractivity contribution in [2.45, 2.75) is 32.4 Å². The van der Waals surface area contributed by atoms with E-state index in [2.05, 4.69) is 51.4 Å². The molecule has 0 amide bonds. The van der Waals surface area contributed by atoms with Gasteiger partial charge in [-0.05, 0) is 31.9 Å². The number of rotatable bonds is 3. The summed E-state index contributed by atoms with van der Waals surface area (Å²) in [7, 11) is 0. The van der Waals surface area contributed by atoms with Gasteiger partial charge in [0.2, 0.25) is 0 Å². The second-order valence-corrected chi connectivity index (χ2v) is 7.21. The molecule has 20 heavy (non-hydrogen) atoms. The molecular weight excluding hydrogens is 336 g/mol. The number of benzene rings is 1. The summed E-state index contributed by atoms with van der Waals surface area (Å²) in [6, 6.07) is 6.62. The molecule has 0 saturated carbocycles. The van der Waals surface area contributed by atoms with Crippen LogP contribution in [0.15, 0.2) is 28.9 Å². The molecule has 0 bridgehead atoms. The summed E-state index contributed by atoms with van der Waals surface area (Å²) in [6.45, 7) is 3.70. The summed E-state index contributed by atoms with van der Waals surface area (Å²) >= 11 is 5.26. The number of aryl methyl sites for hydroxylation is 1. The molecule has 1 unspecified atom stereocenters. The third-order valence-electron chi connectivity index (χ3n) is 3.41. The van der Waals surface area contributed by atoms with E-state index in [0.29, 0.717) is 6.04 Å². The number of nitrogens with one attached hydrogen (secondary N) is 1. The standard InChI is InChI=1S/C15H17BrN2OS/c1-10-8-18-15(20-10)9-17-13-3-2-6-19-14-7-11(16)4-5-12(13)14/h4-5,7-8,13,17H,2-3,6,9H2,1H3. The fourth-order valence-corrected chi connectivity index (χ4v) is 3.53. The zero-order valence-electron chi connectivity index (χ0n) is 11.4. The van der Waals surface area contributed by atoms with Crippen molar-refractivity contribution in [1.29, 1.82) is 0 Å². The molecule has 0 aliphatic carbocycles. The van der Waals surface area contributed by atoms with E-state index < -0.39 is 0 Å². The molecule has 1 aliphatic rings. The average Bonchev–Trinajstić information content (AvgIpc) is 2.74. The van der Waals surface area contributed by atoms with Crippen LogP contribution in [0.2, 0.25) is 0 Å². The maximum absolute atomic E-state index is 5.83. The molecular formula is C15H17BrN2OS. The Bertz CT molecular complexity index is 599.